The molecule has 0 amide bonds. The summed E-state index contributed by atoms with van der Waals surface area (Å²) in [5.41, 5.74) is 1.56. The van der Waals surface area contributed by atoms with E-state index < -0.39 is 0 Å². The van der Waals surface area contributed by atoms with E-state index in [4.69, 9.17) is 0 Å². The van der Waals surface area contributed by atoms with E-state index in [1.54, 1.807) is 6.20 Å². The monoisotopic (exact) mass is 275 g/mol. The molecule has 20 heavy (non-hydrogen) atoms. The predicted molar refractivity (Wildman–Crippen MR) is 77.7 cm³/mol. The maximum Gasteiger partial charge on any atom is 0.327 e. The number of fused-ring (bicyclic) bond motifs is 1. The number of hydrogen-bond donors (Lipinski definition) is 1. The van der Waals surface area contributed by atoms with Gasteiger partial charge >= 0.3 is 5.69 Å². The predicted octanol–water partition coefficient (Wildman–Crippen LogP) is 1.55. The molecule has 2 aromatic heterocycles. The molecule has 0 unspecified atom stereocenters. The Hall–Kier alpha value is -1.69. The second kappa shape index (κ2) is 4.70. The second-order valence-corrected chi connectivity index (χ2v) is 6.45. The molecular formula is C14H21N5O. The van der Waals surface area contributed by atoms with Gasteiger partial charge in [-0.2, -0.15) is 0 Å². The Morgan fingerprint density at radius 2 is 2.00 bits per heavy atom. The van der Waals surface area contributed by atoms with Crippen LogP contribution in [-0.4, -0.2) is 43.0 Å². The molecule has 0 bridgehead atoms. The lowest BCUT2D eigenvalue weighted by Crippen LogP contribution is -2.47. The van der Waals surface area contributed by atoms with Crippen molar-refractivity contribution in [3.8, 4) is 0 Å². The van der Waals surface area contributed by atoms with Crippen molar-refractivity contribution in [2.45, 2.75) is 45.2 Å². The van der Waals surface area contributed by atoms with E-state index in [0.717, 1.165) is 31.4 Å². The van der Waals surface area contributed by atoms with Crippen molar-refractivity contribution in [3.63, 3.8) is 0 Å². The Morgan fingerprint density at radius 1 is 1.30 bits per heavy atom. The molecule has 6 nitrogen and oxygen atoms in total. The number of nitrogens with zero attached hydrogens (tertiary/aromatic N) is 4. The average Bonchev–Trinajstić information content (AvgIpc) is 2.73. The van der Waals surface area contributed by atoms with Gasteiger partial charge in [0.1, 0.15) is 11.8 Å². The first-order valence-corrected chi connectivity index (χ1v) is 7.12. The zero-order valence-electron chi connectivity index (χ0n) is 12.3. The van der Waals surface area contributed by atoms with Crippen LogP contribution in [0.5, 0.6) is 0 Å². The zero-order chi connectivity index (χ0) is 14.3. The van der Waals surface area contributed by atoms with Crippen LogP contribution in [-0.2, 0) is 0 Å². The molecule has 1 aliphatic heterocycles. The van der Waals surface area contributed by atoms with Gasteiger partial charge in [-0.05, 0) is 33.6 Å². The maximum atomic E-state index is 12.1. The molecule has 0 atom stereocenters. The van der Waals surface area contributed by atoms with Crippen molar-refractivity contribution in [1.29, 1.82) is 0 Å². The van der Waals surface area contributed by atoms with E-state index in [1.807, 2.05) is 4.57 Å². The first kappa shape index (κ1) is 13.3. The number of rotatable bonds is 1. The fraction of sp³-hybridized carbons (Fsp3) is 0.643. The number of aromatic nitrogens is 4. The molecule has 2 aromatic rings. The third-order valence-corrected chi connectivity index (χ3v) is 4.17. The van der Waals surface area contributed by atoms with Crippen LogP contribution in [0.15, 0.2) is 17.3 Å². The summed E-state index contributed by atoms with van der Waals surface area (Å²) < 4.78 is 1.83. The van der Waals surface area contributed by atoms with E-state index in [0.29, 0.717) is 5.65 Å². The summed E-state index contributed by atoms with van der Waals surface area (Å²) in [4.78, 5) is 25.6. The third-order valence-electron chi connectivity index (χ3n) is 4.17. The summed E-state index contributed by atoms with van der Waals surface area (Å²) >= 11 is 0. The largest absolute Gasteiger partial charge is 0.327 e. The quantitative estimate of drug-likeness (QED) is 0.857. The van der Waals surface area contributed by atoms with Crippen LogP contribution in [0.3, 0.4) is 0 Å². The minimum atomic E-state index is -0.0743. The van der Waals surface area contributed by atoms with Crippen LogP contribution in [0.4, 0.5) is 0 Å². The van der Waals surface area contributed by atoms with E-state index >= 15 is 0 Å². The third kappa shape index (κ3) is 2.24. The number of hydrogen-bond acceptors (Lipinski definition) is 4. The van der Waals surface area contributed by atoms with Gasteiger partial charge in [-0.25, -0.2) is 14.8 Å². The highest BCUT2D eigenvalue weighted by Gasteiger charge is 2.29. The SMILES string of the molecule is CC(C)(C)N1CCC(n2c(=O)[nH]c3ncncc32)CC1. The van der Waals surface area contributed by atoms with E-state index in [9.17, 15) is 4.79 Å². The molecule has 0 aromatic carbocycles. The Morgan fingerprint density at radius 3 is 2.65 bits per heavy atom. The van der Waals surface area contributed by atoms with Crippen LogP contribution < -0.4 is 5.69 Å². The van der Waals surface area contributed by atoms with Crippen molar-refractivity contribution in [3.05, 3.63) is 23.0 Å². The second-order valence-electron chi connectivity index (χ2n) is 6.45. The lowest BCUT2D eigenvalue weighted by Gasteiger charge is -2.41. The van der Waals surface area contributed by atoms with Crippen LogP contribution in [0.2, 0.25) is 0 Å². The van der Waals surface area contributed by atoms with Gasteiger partial charge in [0.15, 0.2) is 5.65 Å². The number of piperidine rings is 1. The molecule has 0 spiro atoms. The Labute approximate surface area is 117 Å². The van der Waals surface area contributed by atoms with Gasteiger partial charge in [-0.1, -0.05) is 0 Å². The molecule has 1 saturated heterocycles. The van der Waals surface area contributed by atoms with E-state index in [1.165, 1.54) is 6.33 Å². The molecule has 3 heterocycles. The molecule has 0 radical (unpaired) electrons. The summed E-state index contributed by atoms with van der Waals surface area (Å²) in [6, 6.07) is 0.237. The zero-order valence-corrected chi connectivity index (χ0v) is 12.3. The highest BCUT2D eigenvalue weighted by atomic mass is 16.1. The van der Waals surface area contributed by atoms with Gasteiger partial charge in [0.05, 0.1) is 6.20 Å². The van der Waals surface area contributed by atoms with Gasteiger partial charge in [0.2, 0.25) is 0 Å². The Kier molecular flexibility index (Phi) is 3.12. The van der Waals surface area contributed by atoms with Crippen molar-refractivity contribution in [1.82, 2.24) is 24.4 Å². The van der Waals surface area contributed by atoms with Crippen LogP contribution in [0, 0.1) is 0 Å². The topological polar surface area (TPSA) is 66.8 Å². The van der Waals surface area contributed by atoms with Crippen molar-refractivity contribution >= 4 is 11.2 Å². The number of aromatic amines is 1. The molecule has 1 aliphatic rings. The highest BCUT2D eigenvalue weighted by molar-refractivity contribution is 5.69. The first-order valence-electron chi connectivity index (χ1n) is 7.12. The Bertz CT molecular complexity index is 658. The maximum absolute atomic E-state index is 12.1. The summed E-state index contributed by atoms with van der Waals surface area (Å²) in [5, 5.41) is 0. The minimum Gasteiger partial charge on any atom is -0.298 e. The van der Waals surface area contributed by atoms with Crippen LogP contribution in [0.1, 0.15) is 39.7 Å². The van der Waals surface area contributed by atoms with Crippen molar-refractivity contribution < 1.29 is 0 Å². The summed E-state index contributed by atoms with van der Waals surface area (Å²) in [6.07, 6.45) is 5.15. The fourth-order valence-electron chi connectivity index (χ4n) is 3.02. The van der Waals surface area contributed by atoms with Crippen molar-refractivity contribution in [2.24, 2.45) is 0 Å². The summed E-state index contributed by atoms with van der Waals surface area (Å²) in [5.74, 6) is 0. The molecule has 3 rings (SSSR count). The van der Waals surface area contributed by atoms with E-state index in [2.05, 4.69) is 40.6 Å². The van der Waals surface area contributed by atoms with Gasteiger partial charge in [-0.3, -0.25) is 14.5 Å². The average molecular weight is 275 g/mol. The van der Waals surface area contributed by atoms with Gasteiger partial charge in [-0.15, -0.1) is 0 Å². The van der Waals surface area contributed by atoms with Crippen molar-refractivity contribution in [2.75, 3.05) is 13.1 Å². The number of likely N-dealkylation sites (tertiary alicyclic amines) is 1. The molecule has 108 valence electrons. The van der Waals surface area contributed by atoms with Gasteiger partial charge < -0.3 is 0 Å². The lowest BCUT2D eigenvalue weighted by molar-refractivity contribution is 0.0900. The molecule has 0 aliphatic carbocycles. The minimum absolute atomic E-state index is 0.0743. The number of imidazole rings is 1. The van der Waals surface area contributed by atoms with Crippen LogP contribution in [0.25, 0.3) is 11.2 Å². The molecular weight excluding hydrogens is 254 g/mol. The summed E-state index contributed by atoms with van der Waals surface area (Å²) in [7, 11) is 0. The lowest BCUT2D eigenvalue weighted by atomic mass is 9.98. The fourth-order valence-corrected chi connectivity index (χ4v) is 3.02. The van der Waals surface area contributed by atoms with Gasteiger partial charge in [0, 0.05) is 24.7 Å². The summed E-state index contributed by atoms with van der Waals surface area (Å²) in [6.45, 7) is 8.74. The van der Waals surface area contributed by atoms with Crippen LogP contribution >= 0.6 is 0 Å². The standard InChI is InChI=1S/C14H21N5O/c1-14(2,3)18-6-4-10(5-7-18)19-11-8-15-9-16-12(11)17-13(19)20/h8-10H,4-7H2,1-3H3,(H,15,16,17,20). The number of nitrogens with one attached hydrogen (secondary N) is 1. The highest BCUT2D eigenvalue weighted by Crippen LogP contribution is 2.27. The normalized spacial score (nSPS) is 18.8. The molecule has 1 fully saturated rings. The molecule has 1 N–H and O–H groups in total. The first-order chi connectivity index (χ1) is 9.47. The Balaban J connectivity index is 1.87. The number of H-pyrrole nitrogens is 1. The van der Waals surface area contributed by atoms with E-state index in [-0.39, 0.29) is 17.3 Å². The molecule has 0 saturated carbocycles. The van der Waals surface area contributed by atoms with Gasteiger partial charge in [0.25, 0.3) is 0 Å². The molecule has 6 heteroatoms. The smallest absolute Gasteiger partial charge is 0.298 e.